The quantitative estimate of drug-likeness (QED) is 0.905. The molecule has 2 fully saturated rings. The van der Waals surface area contributed by atoms with Crippen LogP contribution < -0.4 is 5.73 Å². The number of fused-ring (bicyclic) bond motifs is 2. The fraction of sp³-hybridized carbons (Fsp3) is 0.438. The molecular weight excluding hydrogens is 274 g/mol. The fourth-order valence-electron chi connectivity index (χ4n) is 4.11. The molecule has 5 heteroatoms. The molecule has 3 unspecified atom stereocenters. The maximum Gasteiger partial charge on any atom is 0.230 e. The van der Waals surface area contributed by atoms with E-state index in [0.717, 1.165) is 24.1 Å². The monoisotopic (exact) mass is 290 g/mol. The van der Waals surface area contributed by atoms with Crippen molar-refractivity contribution in [1.82, 2.24) is 5.16 Å². The molecule has 3 atom stereocenters. The SMILES string of the molecule is Nc1onc(C2CC3CCC2C3)c1-c1ccc(F)cc1F. The van der Waals surface area contributed by atoms with Gasteiger partial charge in [-0.3, -0.25) is 0 Å². The van der Waals surface area contributed by atoms with E-state index in [4.69, 9.17) is 10.3 Å². The van der Waals surface area contributed by atoms with E-state index in [9.17, 15) is 8.78 Å². The molecule has 1 aromatic heterocycles. The Morgan fingerprint density at radius 3 is 2.71 bits per heavy atom. The van der Waals surface area contributed by atoms with Gasteiger partial charge < -0.3 is 10.3 Å². The molecule has 0 saturated heterocycles. The number of hydrogen-bond acceptors (Lipinski definition) is 3. The van der Waals surface area contributed by atoms with E-state index < -0.39 is 11.6 Å². The number of rotatable bonds is 2. The maximum absolute atomic E-state index is 14.1. The first kappa shape index (κ1) is 12.8. The highest BCUT2D eigenvalue weighted by Gasteiger charge is 2.43. The van der Waals surface area contributed by atoms with Gasteiger partial charge in [-0.05, 0) is 43.2 Å². The van der Waals surface area contributed by atoms with Crippen LogP contribution in [-0.4, -0.2) is 5.16 Å². The minimum atomic E-state index is -0.630. The Hall–Kier alpha value is -1.91. The summed E-state index contributed by atoms with van der Waals surface area (Å²) in [4.78, 5) is 0. The molecular formula is C16H16F2N2O. The standard InChI is InChI=1S/C16H16F2N2O/c17-10-3-4-11(13(18)7-10)14-15(20-21-16(14)19)12-6-8-1-2-9(12)5-8/h3-4,7-9,12H,1-2,5-6,19H2. The van der Waals surface area contributed by atoms with Gasteiger partial charge in [0.15, 0.2) is 0 Å². The lowest BCUT2D eigenvalue weighted by Crippen LogP contribution is -2.10. The fourth-order valence-corrected chi connectivity index (χ4v) is 4.11. The Bertz CT molecular complexity index is 698. The van der Waals surface area contributed by atoms with Crippen molar-refractivity contribution in [3.8, 4) is 11.1 Å². The Labute approximate surface area is 121 Å². The lowest BCUT2D eigenvalue weighted by atomic mass is 9.84. The van der Waals surface area contributed by atoms with Gasteiger partial charge in [-0.1, -0.05) is 11.6 Å². The number of benzene rings is 1. The number of nitrogens with zero attached hydrogens (tertiary/aromatic N) is 1. The molecule has 2 saturated carbocycles. The number of hydrogen-bond donors (Lipinski definition) is 1. The van der Waals surface area contributed by atoms with Crippen molar-refractivity contribution < 1.29 is 13.3 Å². The first-order valence-corrected chi connectivity index (χ1v) is 7.34. The highest BCUT2D eigenvalue weighted by molar-refractivity contribution is 5.76. The molecule has 110 valence electrons. The first-order chi connectivity index (χ1) is 10.1. The number of anilines is 1. The average Bonchev–Trinajstić information content (AvgIpc) is 3.14. The third-order valence-corrected chi connectivity index (χ3v) is 5.03. The average molecular weight is 290 g/mol. The minimum absolute atomic E-state index is 0.110. The predicted octanol–water partition coefficient (Wildman–Crippen LogP) is 4.11. The van der Waals surface area contributed by atoms with Crippen LogP contribution in [0.1, 0.15) is 37.3 Å². The Balaban J connectivity index is 1.80. The lowest BCUT2D eigenvalue weighted by Gasteiger charge is -2.20. The van der Waals surface area contributed by atoms with Crippen LogP contribution in [0.3, 0.4) is 0 Å². The van der Waals surface area contributed by atoms with Gasteiger partial charge in [0, 0.05) is 17.5 Å². The van der Waals surface area contributed by atoms with E-state index in [2.05, 4.69) is 5.16 Å². The molecule has 2 aliphatic rings. The third-order valence-electron chi connectivity index (χ3n) is 5.03. The van der Waals surface area contributed by atoms with Crippen molar-refractivity contribution in [2.75, 3.05) is 5.73 Å². The van der Waals surface area contributed by atoms with Gasteiger partial charge in [0.25, 0.3) is 0 Å². The summed E-state index contributed by atoms with van der Waals surface area (Å²) in [5.41, 5.74) is 7.37. The lowest BCUT2D eigenvalue weighted by molar-refractivity contribution is 0.375. The number of aromatic nitrogens is 1. The van der Waals surface area contributed by atoms with Gasteiger partial charge in [-0.25, -0.2) is 8.78 Å². The summed E-state index contributed by atoms with van der Waals surface area (Å²) >= 11 is 0. The van der Waals surface area contributed by atoms with E-state index in [0.29, 0.717) is 11.5 Å². The van der Waals surface area contributed by atoms with Gasteiger partial charge in [-0.15, -0.1) is 0 Å². The molecule has 1 heterocycles. The molecule has 0 radical (unpaired) electrons. The van der Waals surface area contributed by atoms with Gasteiger partial charge in [0.2, 0.25) is 5.88 Å². The van der Waals surface area contributed by atoms with Crippen LogP contribution in [0, 0.1) is 23.5 Å². The topological polar surface area (TPSA) is 52.0 Å². The number of nitrogen functional groups attached to an aromatic ring is 1. The van der Waals surface area contributed by atoms with Crippen molar-refractivity contribution in [3.05, 3.63) is 35.5 Å². The number of nitrogens with two attached hydrogens (primary N) is 1. The first-order valence-electron chi connectivity index (χ1n) is 7.34. The molecule has 2 aromatic rings. The summed E-state index contributed by atoms with van der Waals surface area (Å²) in [5, 5.41) is 4.10. The summed E-state index contributed by atoms with van der Waals surface area (Å²) in [7, 11) is 0. The van der Waals surface area contributed by atoms with E-state index in [1.165, 1.54) is 31.4 Å². The zero-order chi connectivity index (χ0) is 14.6. The van der Waals surface area contributed by atoms with Crippen LogP contribution in [0.25, 0.3) is 11.1 Å². The van der Waals surface area contributed by atoms with Gasteiger partial charge in [-0.2, -0.15) is 0 Å². The van der Waals surface area contributed by atoms with Gasteiger partial charge >= 0.3 is 0 Å². The summed E-state index contributed by atoms with van der Waals surface area (Å²) in [6.07, 6.45) is 4.73. The van der Waals surface area contributed by atoms with E-state index in [1.54, 1.807) is 0 Å². The molecule has 0 amide bonds. The second-order valence-corrected chi connectivity index (χ2v) is 6.21. The van der Waals surface area contributed by atoms with Crippen molar-refractivity contribution in [1.29, 1.82) is 0 Å². The van der Waals surface area contributed by atoms with Crippen molar-refractivity contribution in [2.45, 2.75) is 31.6 Å². The van der Waals surface area contributed by atoms with Crippen LogP contribution in [0.5, 0.6) is 0 Å². The van der Waals surface area contributed by atoms with Gasteiger partial charge in [0.1, 0.15) is 11.6 Å². The molecule has 1 aromatic carbocycles. The molecule has 2 aliphatic carbocycles. The zero-order valence-corrected chi connectivity index (χ0v) is 11.5. The molecule has 0 aliphatic heterocycles. The zero-order valence-electron chi connectivity index (χ0n) is 11.5. The second-order valence-electron chi connectivity index (χ2n) is 6.21. The van der Waals surface area contributed by atoms with E-state index in [-0.39, 0.29) is 17.4 Å². The highest BCUT2D eigenvalue weighted by Crippen LogP contribution is 2.54. The summed E-state index contributed by atoms with van der Waals surface area (Å²) in [5.74, 6) is 0.482. The summed E-state index contributed by atoms with van der Waals surface area (Å²) in [6, 6.07) is 3.51. The third kappa shape index (κ3) is 1.94. The molecule has 4 rings (SSSR count). The molecule has 2 N–H and O–H groups in total. The minimum Gasteiger partial charge on any atom is -0.367 e. The molecule has 3 nitrogen and oxygen atoms in total. The van der Waals surface area contributed by atoms with Gasteiger partial charge in [0.05, 0.1) is 11.3 Å². The maximum atomic E-state index is 14.1. The predicted molar refractivity (Wildman–Crippen MR) is 74.5 cm³/mol. The Morgan fingerprint density at radius 2 is 2.05 bits per heavy atom. The molecule has 0 spiro atoms. The summed E-state index contributed by atoms with van der Waals surface area (Å²) in [6.45, 7) is 0. The van der Waals surface area contributed by atoms with Crippen LogP contribution >= 0.6 is 0 Å². The number of halogens is 2. The van der Waals surface area contributed by atoms with Crippen molar-refractivity contribution >= 4 is 5.88 Å². The van der Waals surface area contributed by atoms with Crippen LogP contribution in [0.2, 0.25) is 0 Å². The Kier molecular flexibility index (Phi) is 2.77. The summed E-state index contributed by atoms with van der Waals surface area (Å²) < 4.78 is 32.3. The second kappa shape index (κ2) is 4.55. The highest BCUT2D eigenvalue weighted by atomic mass is 19.1. The normalized spacial score (nSPS) is 27.4. The van der Waals surface area contributed by atoms with E-state index >= 15 is 0 Å². The smallest absolute Gasteiger partial charge is 0.230 e. The Morgan fingerprint density at radius 1 is 1.19 bits per heavy atom. The molecule has 2 bridgehead atoms. The molecule has 21 heavy (non-hydrogen) atoms. The van der Waals surface area contributed by atoms with Crippen LogP contribution in [-0.2, 0) is 0 Å². The van der Waals surface area contributed by atoms with E-state index in [1.807, 2.05) is 0 Å². The largest absolute Gasteiger partial charge is 0.367 e. The van der Waals surface area contributed by atoms with Crippen molar-refractivity contribution in [3.63, 3.8) is 0 Å². The van der Waals surface area contributed by atoms with Crippen LogP contribution in [0.15, 0.2) is 22.7 Å². The van der Waals surface area contributed by atoms with Crippen molar-refractivity contribution in [2.24, 2.45) is 11.8 Å². The van der Waals surface area contributed by atoms with Crippen LogP contribution in [0.4, 0.5) is 14.7 Å².